The van der Waals surface area contributed by atoms with Crippen LogP contribution in [0, 0.1) is 5.92 Å². The van der Waals surface area contributed by atoms with E-state index < -0.39 is 0 Å². The van der Waals surface area contributed by atoms with Crippen molar-refractivity contribution in [2.75, 3.05) is 60.2 Å². The molecule has 0 bridgehead atoms. The minimum atomic E-state index is 0. The minimum Gasteiger partial charge on any atom is -0.381 e. The highest BCUT2D eigenvalue weighted by molar-refractivity contribution is 14.0. The molecule has 0 spiro atoms. The highest BCUT2D eigenvalue weighted by Crippen LogP contribution is 2.13. The molecule has 0 aliphatic carbocycles. The Balaban J connectivity index is 0.00000264. The third-order valence-electron chi connectivity index (χ3n) is 4.26. The number of rotatable bonds is 7. The Morgan fingerprint density at radius 1 is 1.22 bits per heavy atom. The summed E-state index contributed by atoms with van der Waals surface area (Å²) in [5, 5.41) is 3.41. The summed E-state index contributed by atoms with van der Waals surface area (Å²) in [5.74, 6) is 1.58. The molecule has 6 nitrogen and oxygen atoms in total. The van der Waals surface area contributed by atoms with Gasteiger partial charge in [-0.2, -0.15) is 0 Å². The van der Waals surface area contributed by atoms with Gasteiger partial charge in [0.25, 0.3) is 0 Å². The van der Waals surface area contributed by atoms with Crippen LogP contribution in [0.2, 0.25) is 0 Å². The molecule has 0 aromatic carbocycles. The highest BCUT2D eigenvalue weighted by Gasteiger charge is 2.19. The van der Waals surface area contributed by atoms with E-state index in [9.17, 15) is 0 Å². The molecule has 0 radical (unpaired) electrons. The summed E-state index contributed by atoms with van der Waals surface area (Å²) in [6.07, 6.45) is 4.60. The van der Waals surface area contributed by atoms with E-state index in [-0.39, 0.29) is 24.0 Å². The number of hydrogen-bond acceptors (Lipinski definition) is 4. The fourth-order valence-corrected chi connectivity index (χ4v) is 2.95. The number of nitrogens with one attached hydrogen (secondary N) is 1. The van der Waals surface area contributed by atoms with Gasteiger partial charge in [-0.25, -0.2) is 0 Å². The van der Waals surface area contributed by atoms with Gasteiger partial charge in [-0.05, 0) is 25.7 Å². The zero-order chi connectivity index (χ0) is 15.6. The van der Waals surface area contributed by atoms with Gasteiger partial charge in [-0.3, -0.25) is 4.99 Å². The number of halogens is 1. The molecular formula is C16H32IN3O3. The average molecular weight is 441 g/mol. The molecule has 2 aliphatic heterocycles. The molecule has 2 saturated heterocycles. The van der Waals surface area contributed by atoms with Crippen molar-refractivity contribution < 1.29 is 14.2 Å². The quantitative estimate of drug-likeness (QED) is 0.282. The summed E-state index contributed by atoms with van der Waals surface area (Å²) >= 11 is 0. The van der Waals surface area contributed by atoms with Crippen LogP contribution in [0.3, 0.4) is 0 Å². The van der Waals surface area contributed by atoms with E-state index in [1.807, 2.05) is 7.05 Å². The van der Waals surface area contributed by atoms with Crippen molar-refractivity contribution in [2.24, 2.45) is 10.9 Å². The van der Waals surface area contributed by atoms with Crippen LogP contribution >= 0.6 is 24.0 Å². The minimum absolute atomic E-state index is 0. The third kappa shape index (κ3) is 8.00. The lowest BCUT2D eigenvalue weighted by atomic mass is 10.1. The first kappa shape index (κ1) is 20.9. The Bertz CT molecular complexity index is 333. The van der Waals surface area contributed by atoms with Crippen molar-refractivity contribution in [3.8, 4) is 0 Å². The highest BCUT2D eigenvalue weighted by atomic mass is 127. The summed E-state index contributed by atoms with van der Waals surface area (Å²) < 4.78 is 16.6. The topological polar surface area (TPSA) is 55.3 Å². The fourth-order valence-electron chi connectivity index (χ4n) is 2.95. The predicted molar refractivity (Wildman–Crippen MR) is 103 cm³/mol. The Hall–Kier alpha value is -0.120. The standard InChI is InChI=1S/C16H31N3O3.HI/c1-17-16(19(2)12-14-4-9-21-13-14)18-7-3-8-22-15-5-10-20-11-6-15;/h14-15H,3-13H2,1-2H3,(H,17,18);1H. The Morgan fingerprint density at radius 2 is 1.96 bits per heavy atom. The van der Waals surface area contributed by atoms with Gasteiger partial charge in [-0.1, -0.05) is 0 Å². The van der Waals surface area contributed by atoms with Gasteiger partial charge < -0.3 is 24.4 Å². The zero-order valence-corrected chi connectivity index (χ0v) is 16.8. The van der Waals surface area contributed by atoms with Crippen LogP contribution in [-0.4, -0.2) is 77.2 Å². The van der Waals surface area contributed by atoms with E-state index in [0.717, 1.165) is 77.8 Å². The summed E-state index contributed by atoms with van der Waals surface area (Å²) in [7, 11) is 3.93. The molecular weight excluding hydrogens is 409 g/mol. The summed E-state index contributed by atoms with van der Waals surface area (Å²) in [5.41, 5.74) is 0. The molecule has 1 atom stereocenters. The van der Waals surface area contributed by atoms with Gasteiger partial charge in [0, 0.05) is 59.5 Å². The van der Waals surface area contributed by atoms with Crippen molar-refractivity contribution in [1.29, 1.82) is 0 Å². The maximum absolute atomic E-state index is 5.88. The van der Waals surface area contributed by atoms with E-state index in [2.05, 4.69) is 22.3 Å². The van der Waals surface area contributed by atoms with E-state index in [1.165, 1.54) is 0 Å². The average Bonchev–Trinajstić information content (AvgIpc) is 3.04. The first-order valence-electron chi connectivity index (χ1n) is 8.48. The summed E-state index contributed by atoms with van der Waals surface area (Å²) in [6.45, 7) is 6.14. The number of aliphatic imine (C=N–C) groups is 1. The van der Waals surface area contributed by atoms with Gasteiger partial charge in [-0.15, -0.1) is 24.0 Å². The number of ether oxygens (including phenoxy) is 3. The van der Waals surface area contributed by atoms with Crippen molar-refractivity contribution in [3.05, 3.63) is 0 Å². The Morgan fingerprint density at radius 3 is 2.61 bits per heavy atom. The largest absolute Gasteiger partial charge is 0.381 e. The van der Waals surface area contributed by atoms with Crippen LogP contribution in [0.15, 0.2) is 4.99 Å². The Labute approximate surface area is 157 Å². The van der Waals surface area contributed by atoms with Gasteiger partial charge in [0.15, 0.2) is 5.96 Å². The zero-order valence-electron chi connectivity index (χ0n) is 14.5. The second-order valence-corrected chi connectivity index (χ2v) is 6.12. The van der Waals surface area contributed by atoms with Crippen LogP contribution in [0.4, 0.5) is 0 Å². The van der Waals surface area contributed by atoms with Crippen LogP contribution in [-0.2, 0) is 14.2 Å². The maximum Gasteiger partial charge on any atom is 0.193 e. The molecule has 23 heavy (non-hydrogen) atoms. The summed E-state index contributed by atoms with van der Waals surface area (Å²) in [6, 6.07) is 0. The fraction of sp³-hybridized carbons (Fsp3) is 0.938. The van der Waals surface area contributed by atoms with Crippen molar-refractivity contribution in [2.45, 2.75) is 31.8 Å². The normalized spacial score (nSPS) is 22.7. The predicted octanol–water partition coefficient (Wildman–Crippen LogP) is 1.73. The van der Waals surface area contributed by atoms with Crippen LogP contribution < -0.4 is 5.32 Å². The van der Waals surface area contributed by atoms with Crippen LogP contribution in [0.1, 0.15) is 25.7 Å². The molecule has 0 saturated carbocycles. The molecule has 1 unspecified atom stereocenters. The SMILES string of the molecule is CN=C(NCCCOC1CCOCC1)N(C)CC1CCOC1.I. The van der Waals surface area contributed by atoms with E-state index in [0.29, 0.717) is 12.0 Å². The molecule has 0 amide bonds. The van der Waals surface area contributed by atoms with Crippen molar-refractivity contribution in [3.63, 3.8) is 0 Å². The van der Waals surface area contributed by atoms with E-state index in [4.69, 9.17) is 14.2 Å². The molecule has 0 aromatic heterocycles. The molecule has 1 N–H and O–H groups in total. The van der Waals surface area contributed by atoms with Gasteiger partial charge in [0.1, 0.15) is 0 Å². The van der Waals surface area contributed by atoms with Gasteiger partial charge >= 0.3 is 0 Å². The lowest BCUT2D eigenvalue weighted by molar-refractivity contribution is -0.0320. The summed E-state index contributed by atoms with van der Waals surface area (Å²) in [4.78, 5) is 6.54. The number of hydrogen-bond donors (Lipinski definition) is 1. The molecule has 2 rings (SSSR count). The van der Waals surface area contributed by atoms with E-state index >= 15 is 0 Å². The third-order valence-corrected chi connectivity index (χ3v) is 4.26. The molecule has 2 aliphatic rings. The van der Waals surface area contributed by atoms with Crippen molar-refractivity contribution in [1.82, 2.24) is 10.2 Å². The molecule has 0 aromatic rings. The molecule has 136 valence electrons. The lowest BCUT2D eigenvalue weighted by Crippen LogP contribution is -2.42. The maximum atomic E-state index is 5.88. The van der Waals surface area contributed by atoms with Crippen LogP contribution in [0.25, 0.3) is 0 Å². The lowest BCUT2D eigenvalue weighted by Gasteiger charge is -2.25. The molecule has 2 fully saturated rings. The first-order chi connectivity index (χ1) is 10.8. The monoisotopic (exact) mass is 441 g/mol. The number of nitrogens with zero attached hydrogens (tertiary/aromatic N) is 2. The molecule has 7 heteroatoms. The number of guanidine groups is 1. The molecule has 2 heterocycles. The van der Waals surface area contributed by atoms with Crippen molar-refractivity contribution >= 4 is 29.9 Å². The smallest absolute Gasteiger partial charge is 0.193 e. The second kappa shape index (κ2) is 12.3. The Kier molecular flexibility index (Phi) is 11.2. The van der Waals surface area contributed by atoms with Crippen LogP contribution in [0.5, 0.6) is 0 Å². The second-order valence-electron chi connectivity index (χ2n) is 6.12. The van der Waals surface area contributed by atoms with Gasteiger partial charge in [0.05, 0.1) is 12.7 Å². The first-order valence-corrected chi connectivity index (χ1v) is 8.48. The van der Waals surface area contributed by atoms with E-state index in [1.54, 1.807) is 0 Å². The van der Waals surface area contributed by atoms with Gasteiger partial charge in [0.2, 0.25) is 0 Å².